The van der Waals surface area contributed by atoms with Gasteiger partial charge in [-0.05, 0) is 23.9 Å². The average Bonchev–Trinajstić information content (AvgIpc) is 2.82. The molecular weight excluding hydrogens is 214 g/mol. The molecule has 0 fully saturated rings. The van der Waals surface area contributed by atoms with Gasteiger partial charge in [0.15, 0.2) is 11.5 Å². The maximum atomic E-state index is 5.41. The van der Waals surface area contributed by atoms with Crippen molar-refractivity contribution >= 4 is 6.08 Å². The van der Waals surface area contributed by atoms with E-state index in [9.17, 15) is 0 Å². The van der Waals surface area contributed by atoms with Gasteiger partial charge in [0.1, 0.15) is 0 Å². The zero-order valence-corrected chi connectivity index (χ0v) is 9.77. The number of hydrogen-bond donors (Lipinski definition) is 1. The highest BCUT2D eigenvalue weighted by atomic mass is 16.7. The highest BCUT2D eigenvalue weighted by Crippen LogP contribution is 2.36. The van der Waals surface area contributed by atoms with Crippen molar-refractivity contribution in [2.24, 2.45) is 0 Å². The van der Waals surface area contributed by atoms with Crippen LogP contribution in [0.4, 0.5) is 0 Å². The monoisotopic (exact) mass is 229 g/mol. The predicted molar refractivity (Wildman–Crippen MR) is 68.9 cm³/mol. The number of fused-ring (bicyclic) bond motifs is 1. The van der Waals surface area contributed by atoms with E-state index in [-0.39, 0.29) is 0 Å². The summed E-state index contributed by atoms with van der Waals surface area (Å²) < 4.78 is 10.7. The Morgan fingerprint density at radius 2 is 2.24 bits per heavy atom. The second kappa shape index (κ2) is 5.25. The molecule has 0 bridgehead atoms. The molecule has 0 amide bonds. The molecule has 3 nitrogen and oxygen atoms in total. The first-order chi connectivity index (χ1) is 8.31. The molecule has 1 heterocycles. The number of para-hydroxylation sites is 1. The van der Waals surface area contributed by atoms with Gasteiger partial charge in [-0.3, -0.25) is 0 Å². The van der Waals surface area contributed by atoms with Gasteiger partial charge in [-0.1, -0.05) is 30.9 Å². The normalized spacial score (nSPS) is 13.5. The highest BCUT2D eigenvalue weighted by molar-refractivity contribution is 5.65. The van der Waals surface area contributed by atoms with Gasteiger partial charge in [0.05, 0.1) is 0 Å². The van der Waals surface area contributed by atoms with Crippen LogP contribution < -0.4 is 14.8 Å². The van der Waals surface area contributed by atoms with E-state index in [0.717, 1.165) is 22.6 Å². The Bertz CT molecular complexity index is 475. The lowest BCUT2D eigenvalue weighted by Crippen LogP contribution is -1.93. The molecule has 0 unspecified atom stereocenters. The van der Waals surface area contributed by atoms with Crippen molar-refractivity contribution in [1.82, 2.24) is 5.32 Å². The summed E-state index contributed by atoms with van der Waals surface area (Å²) in [7, 11) is 1.85. The molecule has 17 heavy (non-hydrogen) atoms. The molecule has 2 rings (SSSR count). The largest absolute Gasteiger partial charge is 0.454 e. The van der Waals surface area contributed by atoms with E-state index >= 15 is 0 Å². The van der Waals surface area contributed by atoms with Gasteiger partial charge in [-0.25, -0.2) is 0 Å². The van der Waals surface area contributed by atoms with E-state index in [1.807, 2.05) is 49.7 Å². The third-order valence-corrected chi connectivity index (χ3v) is 2.37. The summed E-state index contributed by atoms with van der Waals surface area (Å²) in [5.41, 5.74) is 1.91. The first-order valence-corrected chi connectivity index (χ1v) is 5.40. The lowest BCUT2D eigenvalue weighted by atomic mass is 10.1. The molecule has 1 aliphatic heterocycles. The van der Waals surface area contributed by atoms with Crippen molar-refractivity contribution in [3.63, 3.8) is 0 Å². The minimum absolute atomic E-state index is 0.292. The molecule has 0 saturated carbocycles. The molecular formula is C14H15NO2. The van der Waals surface area contributed by atoms with Gasteiger partial charge < -0.3 is 14.8 Å². The van der Waals surface area contributed by atoms with Crippen LogP contribution in [0.25, 0.3) is 6.08 Å². The number of ether oxygens (including phenoxy) is 2. The quantitative estimate of drug-likeness (QED) is 0.805. The Labute approximate surface area is 101 Å². The number of benzene rings is 1. The third kappa shape index (κ3) is 2.69. The molecule has 1 aliphatic rings. The first-order valence-electron chi connectivity index (χ1n) is 5.40. The van der Waals surface area contributed by atoms with E-state index < -0.39 is 0 Å². The molecule has 0 radical (unpaired) electrons. The Morgan fingerprint density at radius 1 is 1.35 bits per heavy atom. The molecule has 0 spiro atoms. The standard InChI is InChI=1S/C14H15NO2/c1-11(8-9-15-2)6-7-12-4-3-5-13-14(12)17-10-16-13/h3-9,15H,1,10H2,2H3/b7-6+,9-8-. The minimum Gasteiger partial charge on any atom is -0.454 e. The van der Waals surface area contributed by atoms with Crippen LogP contribution in [0.3, 0.4) is 0 Å². The number of rotatable bonds is 4. The first kappa shape index (κ1) is 11.3. The summed E-state index contributed by atoms with van der Waals surface area (Å²) in [5, 5.41) is 2.92. The van der Waals surface area contributed by atoms with Gasteiger partial charge in [-0.15, -0.1) is 0 Å². The Hall–Kier alpha value is -2.16. The molecule has 0 aromatic heterocycles. The van der Waals surface area contributed by atoms with Gasteiger partial charge in [-0.2, -0.15) is 0 Å². The molecule has 0 aliphatic carbocycles. The summed E-state index contributed by atoms with van der Waals surface area (Å²) in [5.74, 6) is 1.60. The average molecular weight is 229 g/mol. The smallest absolute Gasteiger partial charge is 0.231 e. The predicted octanol–water partition coefficient (Wildman–Crippen LogP) is 2.72. The lowest BCUT2D eigenvalue weighted by molar-refractivity contribution is 0.174. The maximum absolute atomic E-state index is 5.41. The summed E-state index contributed by atoms with van der Waals surface area (Å²) >= 11 is 0. The Kier molecular flexibility index (Phi) is 3.50. The van der Waals surface area contributed by atoms with Crippen LogP contribution in [-0.2, 0) is 0 Å². The lowest BCUT2D eigenvalue weighted by Gasteiger charge is -2.00. The fraction of sp³-hybridized carbons (Fsp3) is 0.143. The van der Waals surface area contributed by atoms with E-state index in [4.69, 9.17) is 9.47 Å². The van der Waals surface area contributed by atoms with Gasteiger partial charge >= 0.3 is 0 Å². The molecule has 1 N–H and O–H groups in total. The van der Waals surface area contributed by atoms with E-state index in [0.29, 0.717) is 6.79 Å². The molecule has 1 aromatic carbocycles. The maximum Gasteiger partial charge on any atom is 0.231 e. The van der Waals surface area contributed by atoms with Gasteiger partial charge in [0, 0.05) is 12.6 Å². The number of nitrogens with one attached hydrogen (secondary N) is 1. The molecule has 3 heteroatoms. The second-order valence-corrected chi connectivity index (χ2v) is 3.61. The number of hydrogen-bond acceptors (Lipinski definition) is 3. The van der Waals surface area contributed by atoms with E-state index in [2.05, 4.69) is 11.9 Å². The summed E-state index contributed by atoms with van der Waals surface area (Å²) in [6, 6.07) is 5.83. The summed E-state index contributed by atoms with van der Waals surface area (Å²) in [6.07, 6.45) is 7.64. The van der Waals surface area contributed by atoms with Crippen molar-refractivity contribution in [2.75, 3.05) is 13.8 Å². The third-order valence-electron chi connectivity index (χ3n) is 2.37. The Morgan fingerprint density at radius 3 is 3.06 bits per heavy atom. The SMILES string of the molecule is C=C(/C=C\NC)/C=C/c1cccc2c1OCO2. The molecule has 0 saturated heterocycles. The van der Waals surface area contributed by atoms with Crippen molar-refractivity contribution in [3.05, 3.63) is 54.3 Å². The van der Waals surface area contributed by atoms with Gasteiger partial charge in [0.2, 0.25) is 6.79 Å². The fourth-order valence-corrected chi connectivity index (χ4v) is 1.53. The molecule has 1 aromatic rings. The summed E-state index contributed by atoms with van der Waals surface area (Å²) in [4.78, 5) is 0. The van der Waals surface area contributed by atoms with Gasteiger partial charge in [0.25, 0.3) is 0 Å². The highest BCUT2D eigenvalue weighted by Gasteiger charge is 2.15. The molecule has 88 valence electrons. The van der Waals surface area contributed by atoms with E-state index in [1.54, 1.807) is 0 Å². The van der Waals surface area contributed by atoms with Crippen molar-refractivity contribution < 1.29 is 9.47 Å². The molecule has 0 atom stereocenters. The van der Waals surface area contributed by atoms with E-state index in [1.165, 1.54) is 0 Å². The number of allylic oxidation sites excluding steroid dienone is 3. The zero-order valence-electron chi connectivity index (χ0n) is 9.77. The van der Waals surface area contributed by atoms with Crippen LogP contribution in [0.15, 0.2) is 48.7 Å². The Balaban J connectivity index is 2.14. The second-order valence-electron chi connectivity index (χ2n) is 3.61. The van der Waals surface area contributed by atoms with Crippen LogP contribution in [0.1, 0.15) is 5.56 Å². The van der Waals surface area contributed by atoms with Crippen molar-refractivity contribution in [3.8, 4) is 11.5 Å². The van der Waals surface area contributed by atoms with Crippen molar-refractivity contribution in [1.29, 1.82) is 0 Å². The van der Waals surface area contributed by atoms with Crippen LogP contribution >= 0.6 is 0 Å². The topological polar surface area (TPSA) is 30.5 Å². The van der Waals surface area contributed by atoms with Crippen LogP contribution in [-0.4, -0.2) is 13.8 Å². The minimum atomic E-state index is 0.292. The van der Waals surface area contributed by atoms with Crippen molar-refractivity contribution in [2.45, 2.75) is 0 Å². The zero-order chi connectivity index (χ0) is 12.1. The summed E-state index contributed by atoms with van der Waals surface area (Å²) in [6.45, 7) is 4.21. The van der Waals surface area contributed by atoms with Crippen LogP contribution in [0.5, 0.6) is 11.5 Å². The van der Waals surface area contributed by atoms with Crippen LogP contribution in [0.2, 0.25) is 0 Å². The fourth-order valence-electron chi connectivity index (χ4n) is 1.53. The van der Waals surface area contributed by atoms with Crippen LogP contribution in [0, 0.1) is 0 Å².